The summed E-state index contributed by atoms with van der Waals surface area (Å²) in [6.07, 6.45) is 1.74. The quantitative estimate of drug-likeness (QED) is 0.703. The summed E-state index contributed by atoms with van der Waals surface area (Å²) < 4.78 is 6.16. The maximum Gasteiger partial charge on any atom is 0.184 e. The molecule has 1 aromatic carbocycles. The number of aromatic nitrogens is 1. The third kappa shape index (κ3) is 3.22. The first kappa shape index (κ1) is 18.0. The lowest BCUT2D eigenvalue weighted by molar-refractivity contribution is 0.233. The van der Waals surface area contributed by atoms with Gasteiger partial charge in [-0.1, -0.05) is 6.07 Å². The highest BCUT2D eigenvalue weighted by Gasteiger charge is 2.22. The monoisotopic (exact) mass is 389 g/mol. The molecule has 0 bridgehead atoms. The fraction of sp³-hybridized carbons (Fsp3) is 0.318. The molecule has 1 saturated heterocycles. The standard InChI is InChI=1S/C22H23N5O2/c1-13-3-5-16-20(28)19(11-18-15-6-4-14(2)24-22(15)26-25-18)29-21(16)17(13)12-27-9-7-23-8-10-27/h3-6,11,23,28H,7-10,12H2,1-2H3. The van der Waals surface area contributed by atoms with Crippen molar-refractivity contribution in [3.05, 3.63) is 52.4 Å². The van der Waals surface area contributed by atoms with Crippen LogP contribution in [0.5, 0.6) is 5.75 Å². The van der Waals surface area contributed by atoms with E-state index in [1.807, 2.05) is 31.2 Å². The van der Waals surface area contributed by atoms with E-state index in [2.05, 4.69) is 32.4 Å². The zero-order valence-electron chi connectivity index (χ0n) is 16.6. The van der Waals surface area contributed by atoms with Gasteiger partial charge in [-0.3, -0.25) is 4.90 Å². The number of pyridine rings is 1. The number of nitrogens with one attached hydrogen (secondary N) is 1. The average Bonchev–Trinajstić information content (AvgIpc) is 3.26. The molecule has 2 aliphatic rings. The van der Waals surface area contributed by atoms with Gasteiger partial charge in [0.15, 0.2) is 17.3 Å². The summed E-state index contributed by atoms with van der Waals surface area (Å²) in [5.74, 6) is 1.13. The van der Waals surface area contributed by atoms with Gasteiger partial charge in [0.2, 0.25) is 0 Å². The van der Waals surface area contributed by atoms with Crippen molar-refractivity contribution in [1.29, 1.82) is 0 Å². The predicted octanol–water partition coefficient (Wildman–Crippen LogP) is 4.15. The molecule has 0 radical (unpaired) electrons. The Labute approximate surface area is 168 Å². The van der Waals surface area contributed by atoms with E-state index in [9.17, 15) is 5.11 Å². The molecule has 7 heteroatoms. The Morgan fingerprint density at radius 2 is 1.97 bits per heavy atom. The second-order valence-electron chi connectivity index (χ2n) is 7.63. The van der Waals surface area contributed by atoms with Gasteiger partial charge in [0.25, 0.3) is 0 Å². The van der Waals surface area contributed by atoms with Crippen LogP contribution < -0.4 is 5.32 Å². The fourth-order valence-electron chi connectivity index (χ4n) is 3.91. The molecular formula is C22H23N5O2. The summed E-state index contributed by atoms with van der Waals surface area (Å²) in [6.45, 7) is 8.81. The normalized spacial score (nSPS) is 18.1. The Morgan fingerprint density at radius 3 is 2.79 bits per heavy atom. The predicted molar refractivity (Wildman–Crippen MR) is 112 cm³/mol. The van der Waals surface area contributed by atoms with Crippen molar-refractivity contribution >= 4 is 28.6 Å². The van der Waals surface area contributed by atoms with Crippen molar-refractivity contribution in [2.75, 3.05) is 26.2 Å². The molecule has 2 N–H and O–H groups in total. The van der Waals surface area contributed by atoms with Gasteiger partial charge in [-0.05, 0) is 37.6 Å². The minimum absolute atomic E-state index is 0.137. The van der Waals surface area contributed by atoms with E-state index in [-0.39, 0.29) is 5.75 Å². The van der Waals surface area contributed by atoms with Crippen LogP contribution in [0.1, 0.15) is 28.1 Å². The van der Waals surface area contributed by atoms with Gasteiger partial charge in [-0.25, -0.2) is 4.98 Å². The first-order chi connectivity index (χ1) is 14.1. The fourth-order valence-corrected chi connectivity index (χ4v) is 3.91. The first-order valence-corrected chi connectivity index (χ1v) is 9.88. The number of furan rings is 1. The Hall–Kier alpha value is -3.03. The Kier molecular flexibility index (Phi) is 4.41. The zero-order valence-corrected chi connectivity index (χ0v) is 16.6. The Morgan fingerprint density at radius 1 is 1.14 bits per heavy atom. The third-order valence-corrected chi connectivity index (χ3v) is 5.60. The van der Waals surface area contributed by atoms with Crippen LogP contribution >= 0.6 is 0 Å². The molecule has 0 amide bonds. The van der Waals surface area contributed by atoms with Crippen LogP contribution in [0.2, 0.25) is 0 Å². The molecule has 2 aromatic heterocycles. The number of benzene rings is 1. The molecule has 0 unspecified atom stereocenters. The summed E-state index contributed by atoms with van der Waals surface area (Å²) in [5, 5.41) is 23.3. The van der Waals surface area contributed by atoms with Gasteiger partial charge in [-0.2, -0.15) is 0 Å². The summed E-state index contributed by atoms with van der Waals surface area (Å²) in [4.78, 5) is 6.80. The topological polar surface area (TPSA) is 86.2 Å². The molecule has 4 heterocycles. The minimum atomic E-state index is 0.137. The lowest BCUT2D eigenvalue weighted by Gasteiger charge is -2.27. The molecule has 7 nitrogen and oxygen atoms in total. The number of hydrogen-bond donors (Lipinski definition) is 2. The van der Waals surface area contributed by atoms with Gasteiger partial charge in [0, 0.05) is 55.6 Å². The average molecular weight is 389 g/mol. The second kappa shape index (κ2) is 7.09. The van der Waals surface area contributed by atoms with E-state index >= 15 is 0 Å². The highest BCUT2D eigenvalue weighted by Crippen LogP contribution is 2.40. The lowest BCUT2D eigenvalue weighted by Crippen LogP contribution is -2.43. The van der Waals surface area contributed by atoms with Crippen LogP contribution in [0.4, 0.5) is 5.82 Å². The number of hydrogen-bond acceptors (Lipinski definition) is 7. The van der Waals surface area contributed by atoms with Crippen LogP contribution in [0, 0.1) is 13.8 Å². The van der Waals surface area contributed by atoms with E-state index in [1.54, 1.807) is 6.08 Å². The van der Waals surface area contributed by atoms with Crippen LogP contribution in [0.25, 0.3) is 22.7 Å². The van der Waals surface area contributed by atoms with Crippen LogP contribution in [-0.4, -0.2) is 41.2 Å². The minimum Gasteiger partial charge on any atom is -0.504 e. The number of piperazine rings is 1. The molecule has 0 atom stereocenters. The van der Waals surface area contributed by atoms with E-state index in [0.717, 1.165) is 66.1 Å². The molecule has 3 aromatic rings. The van der Waals surface area contributed by atoms with Crippen LogP contribution in [0.3, 0.4) is 0 Å². The van der Waals surface area contributed by atoms with Crippen LogP contribution in [-0.2, 0) is 6.54 Å². The largest absolute Gasteiger partial charge is 0.504 e. The van der Waals surface area contributed by atoms with Gasteiger partial charge in [0.1, 0.15) is 11.3 Å². The highest BCUT2D eigenvalue weighted by molar-refractivity contribution is 5.94. The molecule has 2 aliphatic heterocycles. The number of aromatic hydroxyl groups is 1. The van der Waals surface area contributed by atoms with E-state index < -0.39 is 0 Å². The summed E-state index contributed by atoms with van der Waals surface area (Å²) >= 11 is 0. The molecular weight excluding hydrogens is 366 g/mol. The second-order valence-corrected chi connectivity index (χ2v) is 7.63. The van der Waals surface area contributed by atoms with Gasteiger partial charge >= 0.3 is 0 Å². The molecule has 5 rings (SSSR count). The van der Waals surface area contributed by atoms with Crippen molar-refractivity contribution in [3.63, 3.8) is 0 Å². The van der Waals surface area contributed by atoms with E-state index in [4.69, 9.17) is 4.42 Å². The molecule has 0 aliphatic carbocycles. The zero-order chi connectivity index (χ0) is 20.0. The lowest BCUT2D eigenvalue weighted by atomic mass is 10.0. The van der Waals surface area contributed by atoms with Crippen molar-refractivity contribution in [2.45, 2.75) is 20.4 Å². The SMILES string of the molecule is Cc1ccc2c(n1)N=NC2=Cc1oc2c(CN3CCNCC3)c(C)ccc2c1O. The van der Waals surface area contributed by atoms with Crippen LogP contribution in [0.15, 0.2) is 38.9 Å². The molecule has 148 valence electrons. The highest BCUT2D eigenvalue weighted by atomic mass is 16.4. The van der Waals surface area contributed by atoms with E-state index in [0.29, 0.717) is 17.3 Å². The Bertz CT molecular complexity index is 1160. The van der Waals surface area contributed by atoms with Crippen molar-refractivity contribution in [1.82, 2.24) is 15.2 Å². The number of nitrogens with zero attached hydrogens (tertiary/aromatic N) is 4. The van der Waals surface area contributed by atoms with Gasteiger partial charge < -0.3 is 14.8 Å². The summed E-state index contributed by atoms with van der Waals surface area (Å²) in [5.41, 5.74) is 5.40. The number of aryl methyl sites for hydroxylation is 2. The molecule has 1 fully saturated rings. The van der Waals surface area contributed by atoms with Gasteiger partial charge in [-0.15, -0.1) is 10.2 Å². The molecule has 29 heavy (non-hydrogen) atoms. The number of rotatable bonds is 3. The summed E-state index contributed by atoms with van der Waals surface area (Å²) in [7, 11) is 0. The van der Waals surface area contributed by atoms with Crippen molar-refractivity contribution in [2.24, 2.45) is 10.2 Å². The first-order valence-electron chi connectivity index (χ1n) is 9.88. The van der Waals surface area contributed by atoms with Crippen molar-refractivity contribution in [3.8, 4) is 5.75 Å². The van der Waals surface area contributed by atoms with E-state index in [1.165, 1.54) is 0 Å². The van der Waals surface area contributed by atoms with Gasteiger partial charge in [0.05, 0.1) is 5.39 Å². The molecule has 0 saturated carbocycles. The Balaban J connectivity index is 1.56. The maximum atomic E-state index is 10.8. The molecule has 0 spiro atoms. The third-order valence-electron chi connectivity index (χ3n) is 5.60. The maximum absolute atomic E-state index is 10.8. The summed E-state index contributed by atoms with van der Waals surface area (Å²) in [6, 6.07) is 7.84. The van der Waals surface area contributed by atoms with Crippen molar-refractivity contribution < 1.29 is 9.52 Å². The number of azo groups is 1. The smallest absolute Gasteiger partial charge is 0.184 e. The number of fused-ring (bicyclic) bond motifs is 2.